The summed E-state index contributed by atoms with van der Waals surface area (Å²) in [4.78, 5) is 2.72. The molecule has 1 heteroatoms. The van der Waals surface area contributed by atoms with Crippen molar-refractivity contribution in [3.63, 3.8) is 0 Å². The fourth-order valence-electron chi connectivity index (χ4n) is 14.3. The summed E-state index contributed by atoms with van der Waals surface area (Å²) in [7, 11) is 0. The van der Waals surface area contributed by atoms with Crippen LogP contribution in [0.4, 0.5) is 11.4 Å². The molecule has 2 unspecified atom stereocenters. The average molecular weight is 862 g/mol. The summed E-state index contributed by atoms with van der Waals surface area (Å²) in [5.41, 5.74) is 14.1. The van der Waals surface area contributed by atoms with Crippen LogP contribution >= 0.6 is 0 Å². The molecular weight excluding hydrogens is 807 g/mol. The van der Waals surface area contributed by atoms with Crippen LogP contribution in [0, 0.1) is 10.8 Å². The van der Waals surface area contributed by atoms with Crippen molar-refractivity contribution in [2.45, 2.75) is 65.3 Å². The lowest BCUT2D eigenvalue weighted by atomic mass is 9.45. The van der Waals surface area contributed by atoms with Crippen molar-refractivity contribution in [3.05, 3.63) is 206 Å². The molecule has 1 nitrogen and oxygen atoms in total. The Bertz CT molecular complexity index is 3770. The third-order valence-electron chi connectivity index (χ3n) is 16.9. The van der Waals surface area contributed by atoms with Gasteiger partial charge in [-0.05, 0) is 171 Å². The third kappa shape index (κ3) is 5.61. The Balaban J connectivity index is 1.16. The highest BCUT2D eigenvalue weighted by Gasteiger charge is 2.67. The number of benzene rings is 11. The first kappa shape index (κ1) is 40.1. The number of fused-ring (bicyclic) bond motifs is 5. The molecule has 0 amide bonds. The van der Waals surface area contributed by atoms with Crippen LogP contribution in [0.15, 0.2) is 200 Å². The average Bonchev–Trinajstić information content (AvgIpc) is 3.54. The molecule has 2 atom stereocenters. The van der Waals surface area contributed by atoms with Crippen molar-refractivity contribution in [2.75, 3.05) is 4.90 Å². The summed E-state index contributed by atoms with van der Waals surface area (Å²) >= 11 is 0. The second-order valence-electron chi connectivity index (χ2n) is 21.6. The van der Waals surface area contributed by atoms with Gasteiger partial charge in [-0.1, -0.05) is 198 Å². The van der Waals surface area contributed by atoms with E-state index in [1.807, 2.05) is 0 Å². The molecule has 1 heterocycles. The molecule has 0 spiro atoms. The summed E-state index contributed by atoms with van der Waals surface area (Å²) in [5, 5.41) is 12.9. The first-order valence-electron chi connectivity index (χ1n) is 24.3. The van der Waals surface area contributed by atoms with Crippen LogP contribution in [0.5, 0.6) is 0 Å². The van der Waals surface area contributed by atoms with Gasteiger partial charge in [0.25, 0.3) is 0 Å². The molecule has 1 aliphatic heterocycles. The van der Waals surface area contributed by atoms with E-state index in [0.717, 1.165) is 12.8 Å². The van der Waals surface area contributed by atoms with Gasteiger partial charge in [-0.3, -0.25) is 0 Å². The zero-order valence-corrected chi connectivity index (χ0v) is 39.4. The van der Waals surface area contributed by atoms with E-state index in [1.165, 1.54) is 115 Å². The van der Waals surface area contributed by atoms with E-state index in [4.69, 9.17) is 0 Å². The lowest BCUT2D eigenvalue weighted by Crippen LogP contribution is -2.65. The molecule has 0 saturated heterocycles. The maximum Gasteiger partial charge on any atom is 0.0528 e. The quantitative estimate of drug-likeness (QED) is 0.156. The van der Waals surface area contributed by atoms with Gasteiger partial charge in [0.15, 0.2) is 0 Å². The van der Waals surface area contributed by atoms with Gasteiger partial charge in [0.1, 0.15) is 0 Å². The smallest absolute Gasteiger partial charge is 0.0528 e. The SMILES string of the molecule is CC1(C)CC(C)(C)C2(C)c3cc(-c4cc(-c5cccc6ccccc56)c5ccc6c(-c7ccccc7)cc(-c7cccc8ccccc78)c7ccc4c5c67)ccc3N(c3ccccc3)C2(C)C1. The lowest BCUT2D eigenvalue weighted by Gasteiger charge is -2.62. The van der Waals surface area contributed by atoms with Crippen molar-refractivity contribution < 1.29 is 0 Å². The van der Waals surface area contributed by atoms with Crippen molar-refractivity contribution in [1.82, 2.24) is 0 Å². The Morgan fingerprint density at radius 2 is 0.836 bits per heavy atom. The first-order chi connectivity index (χ1) is 32.5. The summed E-state index contributed by atoms with van der Waals surface area (Å²) in [6, 6.07) is 75.8. The van der Waals surface area contributed by atoms with Crippen LogP contribution in [-0.2, 0) is 5.41 Å². The molecule has 0 bridgehead atoms. The third-order valence-corrected chi connectivity index (χ3v) is 16.9. The molecule has 11 aromatic carbocycles. The first-order valence-corrected chi connectivity index (χ1v) is 24.3. The summed E-state index contributed by atoms with van der Waals surface area (Å²) in [5.74, 6) is 0. The van der Waals surface area contributed by atoms with E-state index in [9.17, 15) is 0 Å². The van der Waals surface area contributed by atoms with Gasteiger partial charge in [0, 0.05) is 16.8 Å². The van der Waals surface area contributed by atoms with Gasteiger partial charge in [-0.15, -0.1) is 0 Å². The maximum absolute atomic E-state index is 2.72. The zero-order chi connectivity index (χ0) is 45.5. The number of rotatable bonds is 5. The predicted octanol–water partition coefficient (Wildman–Crippen LogP) is 18.6. The van der Waals surface area contributed by atoms with E-state index in [0.29, 0.717) is 0 Å². The molecule has 2 aliphatic rings. The Morgan fingerprint density at radius 1 is 0.358 bits per heavy atom. The minimum atomic E-state index is -0.150. The molecule has 67 heavy (non-hydrogen) atoms. The number of nitrogens with zero attached hydrogens (tertiary/aromatic N) is 1. The van der Waals surface area contributed by atoms with Gasteiger partial charge in [0.2, 0.25) is 0 Å². The monoisotopic (exact) mass is 861 g/mol. The normalized spacial score (nSPS) is 19.7. The second-order valence-corrected chi connectivity index (χ2v) is 21.6. The highest BCUT2D eigenvalue weighted by atomic mass is 15.3. The topological polar surface area (TPSA) is 3.24 Å². The van der Waals surface area contributed by atoms with Gasteiger partial charge < -0.3 is 4.90 Å². The minimum absolute atomic E-state index is 0.0169. The minimum Gasteiger partial charge on any atom is -0.334 e. The fraction of sp³-hybridized carbons (Fsp3) is 0.182. The van der Waals surface area contributed by atoms with Crippen LogP contribution in [0.2, 0.25) is 0 Å². The Labute approximate surface area is 394 Å². The highest BCUT2D eigenvalue weighted by Crippen LogP contribution is 2.70. The van der Waals surface area contributed by atoms with Crippen molar-refractivity contribution >= 4 is 65.2 Å². The van der Waals surface area contributed by atoms with E-state index < -0.39 is 0 Å². The molecular formula is C66H55N. The van der Waals surface area contributed by atoms with E-state index in [2.05, 4.69) is 247 Å². The van der Waals surface area contributed by atoms with Crippen LogP contribution in [0.25, 0.3) is 98.4 Å². The van der Waals surface area contributed by atoms with Gasteiger partial charge >= 0.3 is 0 Å². The van der Waals surface area contributed by atoms with E-state index in [-0.39, 0.29) is 21.8 Å². The van der Waals surface area contributed by atoms with Crippen LogP contribution in [-0.4, -0.2) is 5.54 Å². The Kier molecular flexibility index (Phi) is 8.46. The highest BCUT2D eigenvalue weighted by molar-refractivity contribution is 6.33. The van der Waals surface area contributed by atoms with Gasteiger partial charge in [-0.25, -0.2) is 0 Å². The lowest BCUT2D eigenvalue weighted by molar-refractivity contribution is -0.0236. The van der Waals surface area contributed by atoms with Gasteiger partial charge in [0.05, 0.1) is 5.54 Å². The van der Waals surface area contributed by atoms with Crippen LogP contribution < -0.4 is 4.90 Å². The fourth-order valence-corrected chi connectivity index (χ4v) is 14.3. The maximum atomic E-state index is 2.72. The van der Waals surface area contributed by atoms with Crippen molar-refractivity contribution in [2.24, 2.45) is 10.8 Å². The molecule has 0 aromatic heterocycles. The molecule has 0 radical (unpaired) electrons. The standard InChI is InChI=1S/C66H55N/c1-63(2)40-64(3,4)66(6)59-37-45(31-36-60(59)67(65(66,5)41-63)46-25-11-8-12-26-46)56-39-58(50-30-18-24-43-22-14-16-28-48(43)50)54-34-32-51-55(44-19-9-7-10-20-44)38-57(53-35-33-52(56)62(54)61(51)53)49-29-17-23-42-21-13-15-27-47(42)49/h7-39H,40-41H2,1-6H3. The molecule has 0 N–H and O–H groups in total. The summed E-state index contributed by atoms with van der Waals surface area (Å²) in [6.07, 6.45) is 2.26. The van der Waals surface area contributed by atoms with Crippen molar-refractivity contribution in [3.8, 4) is 44.5 Å². The second kappa shape index (κ2) is 14.1. The number of para-hydroxylation sites is 1. The van der Waals surface area contributed by atoms with Crippen molar-refractivity contribution in [1.29, 1.82) is 0 Å². The van der Waals surface area contributed by atoms with Gasteiger partial charge in [-0.2, -0.15) is 0 Å². The predicted molar refractivity (Wildman–Crippen MR) is 288 cm³/mol. The molecule has 324 valence electrons. The number of anilines is 2. The summed E-state index contributed by atoms with van der Waals surface area (Å²) in [6.45, 7) is 15.2. The molecule has 1 aliphatic carbocycles. The molecule has 1 fully saturated rings. The van der Waals surface area contributed by atoms with E-state index >= 15 is 0 Å². The summed E-state index contributed by atoms with van der Waals surface area (Å²) < 4.78 is 0. The number of hydrogen-bond acceptors (Lipinski definition) is 1. The molecule has 1 saturated carbocycles. The molecule has 11 aromatic rings. The van der Waals surface area contributed by atoms with E-state index in [1.54, 1.807) is 0 Å². The largest absolute Gasteiger partial charge is 0.334 e. The molecule has 13 rings (SSSR count). The van der Waals surface area contributed by atoms with Crippen LogP contribution in [0.1, 0.15) is 59.9 Å². The number of hydrogen-bond donors (Lipinski definition) is 0. The van der Waals surface area contributed by atoms with Crippen LogP contribution in [0.3, 0.4) is 0 Å². The Hall–Kier alpha value is -7.22. The zero-order valence-electron chi connectivity index (χ0n) is 39.4. The Morgan fingerprint density at radius 3 is 1.40 bits per heavy atom.